The van der Waals surface area contributed by atoms with Crippen molar-refractivity contribution in [3.63, 3.8) is 0 Å². The van der Waals surface area contributed by atoms with Gasteiger partial charge in [0.2, 0.25) is 5.89 Å². The van der Waals surface area contributed by atoms with Gasteiger partial charge in [0.1, 0.15) is 0 Å². The minimum atomic E-state index is 0.518. The molecule has 1 heterocycles. The van der Waals surface area contributed by atoms with Crippen molar-refractivity contribution in [2.24, 2.45) is 0 Å². The van der Waals surface area contributed by atoms with Crippen LogP contribution in [-0.4, -0.2) is 37.5 Å². The molecule has 3 rings (SSSR count). The molecule has 0 aliphatic carbocycles. The first-order valence-corrected chi connectivity index (χ1v) is 11.1. The van der Waals surface area contributed by atoms with Crippen LogP contribution in [0.25, 0.3) is 11.5 Å². The van der Waals surface area contributed by atoms with Gasteiger partial charge in [0.15, 0.2) is 11.5 Å². The van der Waals surface area contributed by atoms with Crippen molar-refractivity contribution >= 4 is 33.4 Å². The summed E-state index contributed by atoms with van der Waals surface area (Å²) >= 11 is 5.05. The molecule has 1 aromatic heterocycles. The molecule has 0 aliphatic heterocycles. The zero-order chi connectivity index (χ0) is 20.8. The quantitative estimate of drug-likeness (QED) is 0.368. The van der Waals surface area contributed by atoms with Gasteiger partial charge >= 0.3 is 0 Å². The van der Waals surface area contributed by atoms with Crippen molar-refractivity contribution < 1.29 is 13.9 Å². The first-order chi connectivity index (χ1) is 14.1. The Hall–Kier alpha value is -2.19. The van der Waals surface area contributed by atoms with Crippen LogP contribution in [-0.2, 0) is 5.75 Å². The fourth-order valence-electron chi connectivity index (χ4n) is 2.93. The van der Waals surface area contributed by atoms with Crippen molar-refractivity contribution in [3.8, 4) is 23.0 Å². The van der Waals surface area contributed by atoms with Gasteiger partial charge < -0.3 is 18.8 Å². The van der Waals surface area contributed by atoms with Crippen LogP contribution in [0.4, 0.5) is 5.69 Å². The number of nitrogens with zero attached hydrogens (tertiary/aromatic N) is 3. The van der Waals surface area contributed by atoms with Gasteiger partial charge in [-0.25, -0.2) is 0 Å². The molecule has 0 fully saturated rings. The van der Waals surface area contributed by atoms with Crippen LogP contribution >= 0.6 is 27.7 Å². The largest absolute Gasteiger partial charge is 0.493 e. The lowest BCUT2D eigenvalue weighted by Gasteiger charge is -2.20. The number of halogens is 1. The summed E-state index contributed by atoms with van der Waals surface area (Å²) in [6, 6.07) is 12.0. The summed E-state index contributed by atoms with van der Waals surface area (Å²) in [6.45, 7) is 6.25. The SMILES string of the molecule is CCN(CC)c1ccc(-c2nnc(SCc3cc(OC)c(OC)cc3Br)o2)cc1. The van der Waals surface area contributed by atoms with E-state index in [-0.39, 0.29) is 0 Å². The number of hydrogen-bond donors (Lipinski definition) is 0. The highest BCUT2D eigenvalue weighted by molar-refractivity contribution is 9.10. The molecule has 6 nitrogen and oxygen atoms in total. The number of methoxy groups -OCH3 is 2. The summed E-state index contributed by atoms with van der Waals surface area (Å²) in [5, 5.41) is 8.88. The Bertz CT molecular complexity index is 943. The first kappa shape index (κ1) is 21.5. The minimum absolute atomic E-state index is 0.518. The fraction of sp³-hybridized carbons (Fsp3) is 0.333. The predicted octanol–water partition coefficient (Wildman–Crippen LogP) is 5.65. The molecule has 0 saturated carbocycles. The monoisotopic (exact) mass is 477 g/mol. The second kappa shape index (κ2) is 10.0. The maximum atomic E-state index is 5.84. The van der Waals surface area contributed by atoms with Crippen molar-refractivity contribution in [3.05, 3.63) is 46.4 Å². The van der Waals surface area contributed by atoms with E-state index >= 15 is 0 Å². The fourth-order valence-corrected chi connectivity index (χ4v) is 4.34. The highest BCUT2D eigenvalue weighted by atomic mass is 79.9. The maximum Gasteiger partial charge on any atom is 0.277 e. The Morgan fingerprint density at radius 2 is 1.66 bits per heavy atom. The van der Waals surface area contributed by atoms with E-state index in [4.69, 9.17) is 13.9 Å². The number of benzene rings is 2. The Morgan fingerprint density at radius 3 is 2.28 bits per heavy atom. The lowest BCUT2D eigenvalue weighted by atomic mass is 10.2. The van der Waals surface area contributed by atoms with E-state index < -0.39 is 0 Å². The van der Waals surface area contributed by atoms with Crippen LogP contribution in [0.15, 0.2) is 50.5 Å². The molecule has 0 spiro atoms. The molecule has 8 heteroatoms. The molecule has 154 valence electrons. The van der Waals surface area contributed by atoms with Crippen molar-refractivity contribution in [1.29, 1.82) is 0 Å². The minimum Gasteiger partial charge on any atom is -0.493 e. The molecule has 3 aromatic rings. The number of thioether (sulfide) groups is 1. The zero-order valence-electron chi connectivity index (χ0n) is 16.9. The van der Waals surface area contributed by atoms with Crippen LogP contribution in [0.1, 0.15) is 19.4 Å². The second-order valence-electron chi connectivity index (χ2n) is 6.18. The number of hydrogen-bond acceptors (Lipinski definition) is 7. The number of ether oxygens (including phenoxy) is 2. The molecule has 2 aromatic carbocycles. The molecule has 0 aliphatic rings. The van der Waals surface area contributed by atoms with Crippen molar-refractivity contribution in [2.75, 3.05) is 32.2 Å². The molecular weight excluding hydrogens is 454 g/mol. The predicted molar refractivity (Wildman–Crippen MR) is 120 cm³/mol. The third-order valence-corrected chi connectivity index (χ3v) is 6.16. The molecule has 0 amide bonds. The Kier molecular flexibility index (Phi) is 7.44. The smallest absolute Gasteiger partial charge is 0.277 e. The van der Waals surface area contributed by atoms with Gasteiger partial charge in [-0.15, -0.1) is 10.2 Å². The Balaban J connectivity index is 1.70. The number of rotatable bonds is 9. The molecule has 29 heavy (non-hydrogen) atoms. The van der Waals surface area contributed by atoms with E-state index in [9.17, 15) is 0 Å². The molecular formula is C21H24BrN3O3S. The third kappa shape index (κ3) is 5.05. The van der Waals surface area contributed by atoms with Gasteiger partial charge in [0, 0.05) is 34.6 Å². The van der Waals surface area contributed by atoms with Crippen LogP contribution in [0.2, 0.25) is 0 Å². The molecule has 0 unspecified atom stereocenters. The summed E-state index contributed by atoms with van der Waals surface area (Å²) in [5.41, 5.74) is 3.15. The van der Waals surface area contributed by atoms with Gasteiger partial charge in [0.25, 0.3) is 5.22 Å². The average molecular weight is 478 g/mol. The summed E-state index contributed by atoms with van der Waals surface area (Å²) in [6.07, 6.45) is 0. The highest BCUT2D eigenvalue weighted by Crippen LogP contribution is 2.36. The Labute approximate surface area is 183 Å². The van der Waals surface area contributed by atoms with Gasteiger partial charge in [-0.3, -0.25) is 0 Å². The summed E-state index contributed by atoms with van der Waals surface area (Å²) in [5.74, 6) is 2.54. The Morgan fingerprint density at radius 1 is 1.00 bits per heavy atom. The summed E-state index contributed by atoms with van der Waals surface area (Å²) < 4.78 is 17.5. The van der Waals surface area contributed by atoms with Crippen molar-refractivity contribution in [2.45, 2.75) is 24.8 Å². The van der Waals surface area contributed by atoms with Gasteiger partial charge in [0.05, 0.1) is 14.2 Å². The van der Waals surface area contributed by atoms with E-state index in [1.807, 2.05) is 24.3 Å². The van der Waals surface area contributed by atoms with Crippen molar-refractivity contribution in [1.82, 2.24) is 10.2 Å². The zero-order valence-corrected chi connectivity index (χ0v) is 19.3. The number of anilines is 1. The van der Waals surface area contributed by atoms with Gasteiger partial charge in [-0.05, 0) is 55.8 Å². The van der Waals surface area contributed by atoms with Crippen LogP contribution < -0.4 is 14.4 Å². The first-order valence-electron chi connectivity index (χ1n) is 9.31. The molecule has 0 radical (unpaired) electrons. The van der Waals surface area contributed by atoms with E-state index in [1.54, 1.807) is 14.2 Å². The van der Waals surface area contributed by atoms with E-state index in [0.29, 0.717) is 28.4 Å². The standard InChI is InChI=1S/C21H24BrN3O3S/c1-5-25(6-2)16-9-7-14(8-10-16)20-23-24-21(28-20)29-13-15-11-18(26-3)19(27-4)12-17(15)22/h7-12H,5-6,13H2,1-4H3. The molecule has 0 atom stereocenters. The number of aromatic nitrogens is 2. The molecule has 0 bridgehead atoms. The van der Waals surface area contributed by atoms with Gasteiger partial charge in [-0.2, -0.15) is 0 Å². The highest BCUT2D eigenvalue weighted by Gasteiger charge is 2.13. The summed E-state index contributed by atoms with van der Waals surface area (Å²) in [7, 11) is 3.24. The average Bonchev–Trinajstić information content (AvgIpc) is 3.23. The van der Waals surface area contributed by atoms with E-state index in [2.05, 4.69) is 57.0 Å². The normalized spacial score (nSPS) is 10.8. The van der Waals surface area contributed by atoms with Crippen LogP contribution in [0.5, 0.6) is 11.5 Å². The topological polar surface area (TPSA) is 60.6 Å². The second-order valence-corrected chi connectivity index (χ2v) is 7.96. The maximum absolute atomic E-state index is 5.84. The lowest BCUT2D eigenvalue weighted by molar-refractivity contribution is 0.354. The summed E-state index contributed by atoms with van der Waals surface area (Å²) in [4.78, 5) is 2.29. The van der Waals surface area contributed by atoms with Gasteiger partial charge in [-0.1, -0.05) is 27.7 Å². The van der Waals surface area contributed by atoms with Crippen LogP contribution in [0.3, 0.4) is 0 Å². The van der Waals surface area contributed by atoms with E-state index in [0.717, 1.165) is 28.7 Å². The lowest BCUT2D eigenvalue weighted by Crippen LogP contribution is -2.21. The molecule has 0 N–H and O–H groups in total. The van der Waals surface area contributed by atoms with Crippen LogP contribution in [0, 0.1) is 0 Å². The third-order valence-electron chi connectivity index (χ3n) is 4.55. The van der Waals surface area contributed by atoms with E-state index in [1.165, 1.54) is 17.4 Å². The molecule has 0 saturated heterocycles.